The van der Waals surface area contributed by atoms with Gasteiger partial charge in [-0.25, -0.2) is 9.37 Å². The highest BCUT2D eigenvalue weighted by atomic mass is 79.9. The summed E-state index contributed by atoms with van der Waals surface area (Å²) in [4.78, 5) is 5.67. The van der Waals surface area contributed by atoms with Gasteiger partial charge in [-0.3, -0.25) is 0 Å². The molecule has 1 heterocycles. The lowest BCUT2D eigenvalue weighted by molar-refractivity contribution is 0.573. The summed E-state index contributed by atoms with van der Waals surface area (Å²) in [5.41, 5.74) is 2.00. The van der Waals surface area contributed by atoms with Gasteiger partial charge >= 0.3 is 0 Å². The molecular weight excluding hydrogens is 327 g/mol. The van der Waals surface area contributed by atoms with Crippen molar-refractivity contribution in [3.8, 4) is 0 Å². The molecule has 0 aliphatic heterocycles. The van der Waals surface area contributed by atoms with Crippen LogP contribution in [0, 0.1) is 19.7 Å². The van der Waals surface area contributed by atoms with Gasteiger partial charge in [0, 0.05) is 21.9 Å². The first-order valence-electron chi connectivity index (χ1n) is 6.08. The molecule has 5 heteroatoms. The second-order valence-corrected chi connectivity index (χ2v) is 6.71. The lowest BCUT2D eigenvalue weighted by atomic mass is 10.2. The molecule has 2 nitrogen and oxygen atoms in total. The van der Waals surface area contributed by atoms with Crippen molar-refractivity contribution in [2.45, 2.75) is 33.4 Å². The Bertz CT molecular complexity index is 563. The Kier molecular flexibility index (Phi) is 4.71. The molecule has 0 radical (unpaired) electrons. The molecule has 0 spiro atoms. The molecule has 2 aromatic rings. The zero-order valence-corrected chi connectivity index (χ0v) is 13.5. The number of hydrogen-bond acceptors (Lipinski definition) is 3. The van der Waals surface area contributed by atoms with Gasteiger partial charge in [0.25, 0.3) is 0 Å². The topological polar surface area (TPSA) is 24.9 Å². The van der Waals surface area contributed by atoms with Crippen LogP contribution in [-0.4, -0.2) is 4.98 Å². The van der Waals surface area contributed by atoms with E-state index in [0.717, 1.165) is 20.7 Å². The third-order valence-electron chi connectivity index (χ3n) is 2.87. The van der Waals surface area contributed by atoms with Gasteiger partial charge in [-0.05, 0) is 44.5 Å². The molecule has 1 aromatic heterocycles. The molecule has 0 saturated heterocycles. The SMILES string of the molecule is Cc1nc(C)c(C(C)NCc2cc(F)cc(Br)c2)s1. The summed E-state index contributed by atoms with van der Waals surface area (Å²) in [5, 5.41) is 4.49. The Morgan fingerprint density at radius 1 is 1.37 bits per heavy atom. The zero-order valence-electron chi connectivity index (χ0n) is 11.1. The van der Waals surface area contributed by atoms with Crippen molar-refractivity contribution in [1.29, 1.82) is 0 Å². The van der Waals surface area contributed by atoms with E-state index in [2.05, 4.69) is 33.2 Å². The van der Waals surface area contributed by atoms with E-state index in [0.29, 0.717) is 6.54 Å². The first kappa shape index (κ1) is 14.6. The van der Waals surface area contributed by atoms with E-state index >= 15 is 0 Å². The normalized spacial score (nSPS) is 12.7. The number of nitrogens with one attached hydrogen (secondary N) is 1. The van der Waals surface area contributed by atoms with Crippen LogP contribution in [0.4, 0.5) is 4.39 Å². The fourth-order valence-electron chi connectivity index (χ4n) is 2.03. The Morgan fingerprint density at radius 2 is 2.11 bits per heavy atom. The van der Waals surface area contributed by atoms with Crippen LogP contribution in [0.3, 0.4) is 0 Å². The van der Waals surface area contributed by atoms with E-state index in [-0.39, 0.29) is 11.9 Å². The number of nitrogens with zero attached hydrogens (tertiary/aromatic N) is 1. The molecule has 1 unspecified atom stereocenters. The fraction of sp³-hybridized carbons (Fsp3) is 0.357. The summed E-state index contributed by atoms with van der Waals surface area (Å²) in [5.74, 6) is -0.219. The largest absolute Gasteiger partial charge is 0.305 e. The van der Waals surface area contributed by atoms with Crippen LogP contribution >= 0.6 is 27.3 Å². The molecule has 0 bridgehead atoms. The molecule has 0 aliphatic rings. The van der Waals surface area contributed by atoms with E-state index < -0.39 is 0 Å². The van der Waals surface area contributed by atoms with Gasteiger partial charge in [0.2, 0.25) is 0 Å². The van der Waals surface area contributed by atoms with Gasteiger partial charge in [-0.1, -0.05) is 15.9 Å². The van der Waals surface area contributed by atoms with Crippen molar-refractivity contribution >= 4 is 27.3 Å². The molecule has 0 aliphatic carbocycles. The summed E-state index contributed by atoms with van der Waals surface area (Å²) in [6.07, 6.45) is 0. The van der Waals surface area contributed by atoms with Crippen LogP contribution in [0.1, 0.15) is 34.1 Å². The number of thiazole rings is 1. The third kappa shape index (κ3) is 3.84. The molecule has 0 saturated carbocycles. The van der Waals surface area contributed by atoms with Crippen LogP contribution in [-0.2, 0) is 6.54 Å². The third-order valence-corrected chi connectivity index (χ3v) is 4.58. The van der Waals surface area contributed by atoms with Crippen molar-refractivity contribution in [2.24, 2.45) is 0 Å². The van der Waals surface area contributed by atoms with Gasteiger partial charge in [-0.2, -0.15) is 0 Å². The summed E-state index contributed by atoms with van der Waals surface area (Å²) in [6, 6.07) is 5.15. The molecule has 0 fully saturated rings. The van der Waals surface area contributed by atoms with Gasteiger partial charge < -0.3 is 5.32 Å². The lowest BCUT2D eigenvalue weighted by Crippen LogP contribution is -2.18. The van der Waals surface area contributed by atoms with Gasteiger partial charge in [0.05, 0.1) is 10.7 Å². The maximum Gasteiger partial charge on any atom is 0.124 e. The fourth-order valence-corrected chi connectivity index (χ4v) is 3.49. The zero-order chi connectivity index (χ0) is 14.0. The predicted molar refractivity (Wildman–Crippen MR) is 80.9 cm³/mol. The van der Waals surface area contributed by atoms with E-state index in [1.807, 2.05) is 19.9 Å². The number of hydrogen-bond donors (Lipinski definition) is 1. The maximum atomic E-state index is 13.3. The molecule has 19 heavy (non-hydrogen) atoms. The second-order valence-electron chi connectivity index (χ2n) is 4.56. The highest BCUT2D eigenvalue weighted by Crippen LogP contribution is 2.25. The average molecular weight is 343 g/mol. The van der Waals surface area contributed by atoms with Crippen molar-refractivity contribution in [2.75, 3.05) is 0 Å². The minimum atomic E-state index is -0.219. The molecule has 1 aromatic carbocycles. The smallest absolute Gasteiger partial charge is 0.124 e. The minimum absolute atomic E-state index is 0.216. The van der Waals surface area contributed by atoms with Gasteiger partial charge in [0.1, 0.15) is 5.82 Å². The Hall–Kier alpha value is -0.780. The van der Waals surface area contributed by atoms with Crippen molar-refractivity contribution in [3.63, 3.8) is 0 Å². The van der Waals surface area contributed by atoms with Gasteiger partial charge in [0.15, 0.2) is 0 Å². The quantitative estimate of drug-likeness (QED) is 0.883. The summed E-state index contributed by atoms with van der Waals surface area (Å²) in [6.45, 7) is 6.77. The Labute approximate surface area is 125 Å². The maximum absolute atomic E-state index is 13.3. The van der Waals surface area contributed by atoms with Crippen molar-refractivity contribution < 1.29 is 4.39 Å². The van der Waals surface area contributed by atoms with Crippen molar-refractivity contribution in [3.05, 3.63) is 49.6 Å². The molecule has 2 rings (SSSR count). The van der Waals surface area contributed by atoms with E-state index in [1.165, 1.54) is 10.9 Å². The molecule has 102 valence electrons. The average Bonchev–Trinajstić information content (AvgIpc) is 2.64. The standard InChI is InChI=1S/C14H16BrFN2S/c1-8(14-9(2)18-10(3)19-14)17-7-11-4-12(15)6-13(16)5-11/h4-6,8,17H,7H2,1-3H3. The molecular formula is C14H16BrFN2S. The predicted octanol–water partition coefficient (Wildman–Crippen LogP) is 4.51. The van der Waals surface area contributed by atoms with E-state index in [1.54, 1.807) is 17.4 Å². The first-order valence-corrected chi connectivity index (χ1v) is 7.69. The van der Waals surface area contributed by atoms with Crippen LogP contribution in [0.15, 0.2) is 22.7 Å². The van der Waals surface area contributed by atoms with Crippen LogP contribution < -0.4 is 5.32 Å². The highest BCUT2D eigenvalue weighted by molar-refractivity contribution is 9.10. The van der Waals surface area contributed by atoms with Crippen LogP contribution in [0.5, 0.6) is 0 Å². The Balaban J connectivity index is 2.04. The lowest BCUT2D eigenvalue weighted by Gasteiger charge is -2.13. The second kappa shape index (κ2) is 6.11. The molecule has 1 atom stereocenters. The summed E-state index contributed by atoms with van der Waals surface area (Å²) < 4.78 is 14.0. The Morgan fingerprint density at radius 3 is 2.68 bits per heavy atom. The number of halogens is 2. The van der Waals surface area contributed by atoms with Crippen LogP contribution in [0.2, 0.25) is 0 Å². The van der Waals surface area contributed by atoms with Crippen molar-refractivity contribution in [1.82, 2.24) is 10.3 Å². The number of aryl methyl sites for hydroxylation is 2. The number of rotatable bonds is 4. The highest BCUT2D eigenvalue weighted by Gasteiger charge is 2.12. The van der Waals surface area contributed by atoms with E-state index in [4.69, 9.17) is 0 Å². The summed E-state index contributed by atoms with van der Waals surface area (Å²) in [7, 11) is 0. The minimum Gasteiger partial charge on any atom is -0.305 e. The van der Waals surface area contributed by atoms with E-state index in [9.17, 15) is 4.39 Å². The number of aromatic nitrogens is 1. The monoisotopic (exact) mass is 342 g/mol. The summed E-state index contributed by atoms with van der Waals surface area (Å²) >= 11 is 5.01. The van der Waals surface area contributed by atoms with Gasteiger partial charge in [-0.15, -0.1) is 11.3 Å². The first-order chi connectivity index (χ1) is 8.95. The molecule has 0 amide bonds. The van der Waals surface area contributed by atoms with Crippen LogP contribution in [0.25, 0.3) is 0 Å². The molecule has 1 N–H and O–H groups in total. The number of benzene rings is 1.